The maximum absolute atomic E-state index is 13.7. The molecule has 0 saturated heterocycles. The number of non-ortho nitro benzene ring substituents is 1. The lowest BCUT2D eigenvalue weighted by Gasteiger charge is -2.19. The molecule has 3 amide bonds. The minimum Gasteiger partial charge on any atom is -0.497 e. The van der Waals surface area contributed by atoms with Gasteiger partial charge in [-0.3, -0.25) is 24.5 Å². The second-order valence-electron chi connectivity index (χ2n) is 10.7. The van der Waals surface area contributed by atoms with Crippen molar-refractivity contribution in [3.8, 4) is 11.5 Å². The van der Waals surface area contributed by atoms with Crippen molar-refractivity contribution in [1.29, 1.82) is 0 Å². The van der Waals surface area contributed by atoms with Crippen LogP contribution in [-0.4, -0.2) is 36.9 Å². The molecule has 0 heterocycles. The number of ether oxygens (including phenoxy) is 2. The first kappa shape index (κ1) is 34.9. The molecule has 0 aliphatic rings. The Morgan fingerprint density at radius 3 is 2.06 bits per heavy atom. The monoisotopic (exact) mass is 688 g/mol. The number of thioether (sulfide) groups is 1. The lowest BCUT2D eigenvalue weighted by molar-refractivity contribution is -0.384. The standard InChI is InChI=1S/C38H32N4O7S/c1-48-30-19-22-32(34(24-30)49-2)40-38(45)35(26-9-5-3-6-10-26)50-31-20-15-28(16-21-31)39-37(44)33(41-36(43)27-11-7-4-8-12-27)23-25-13-17-29(18-14-25)42(46)47/h3-24,35H,1-2H3,(H,39,44)(H,40,45)(H,41,43)/b33-23-. The van der Waals surface area contributed by atoms with E-state index in [2.05, 4.69) is 16.0 Å². The van der Waals surface area contributed by atoms with Gasteiger partial charge in [0.15, 0.2) is 0 Å². The van der Waals surface area contributed by atoms with E-state index >= 15 is 0 Å². The van der Waals surface area contributed by atoms with Crippen LogP contribution in [-0.2, 0) is 9.59 Å². The molecule has 3 N–H and O–H groups in total. The van der Waals surface area contributed by atoms with E-state index in [9.17, 15) is 24.5 Å². The van der Waals surface area contributed by atoms with Crippen molar-refractivity contribution >= 4 is 52.6 Å². The molecule has 1 atom stereocenters. The lowest BCUT2D eigenvalue weighted by atomic mass is 10.1. The number of hydrogen-bond acceptors (Lipinski definition) is 8. The summed E-state index contributed by atoms with van der Waals surface area (Å²) in [6.45, 7) is 0. The molecule has 11 nitrogen and oxygen atoms in total. The molecule has 252 valence electrons. The van der Waals surface area contributed by atoms with Crippen LogP contribution in [0, 0.1) is 10.1 Å². The van der Waals surface area contributed by atoms with E-state index in [1.807, 2.05) is 30.3 Å². The summed E-state index contributed by atoms with van der Waals surface area (Å²) in [4.78, 5) is 51.5. The van der Waals surface area contributed by atoms with Gasteiger partial charge in [0.2, 0.25) is 5.91 Å². The van der Waals surface area contributed by atoms with Crippen molar-refractivity contribution in [2.24, 2.45) is 0 Å². The van der Waals surface area contributed by atoms with Crippen LogP contribution in [0.1, 0.15) is 26.7 Å². The summed E-state index contributed by atoms with van der Waals surface area (Å²) >= 11 is 1.33. The molecule has 0 aliphatic heterocycles. The summed E-state index contributed by atoms with van der Waals surface area (Å²) in [6, 6.07) is 35.4. The fraction of sp³-hybridized carbons (Fsp3) is 0.0789. The van der Waals surface area contributed by atoms with Gasteiger partial charge in [-0.2, -0.15) is 0 Å². The van der Waals surface area contributed by atoms with E-state index in [1.54, 1.807) is 79.9 Å². The Labute approximate surface area is 292 Å². The van der Waals surface area contributed by atoms with Crippen LogP contribution in [0.25, 0.3) is 6.08 Å². The van der Waals surface area contributed by atoms with Gasteiger partial charge in [0.1, 0.15) is 22.4 Å². The van der Waals surface area contributed by atoms with Gasteiger partial charge in [-0.15, -0.1) is 11.8 Å². The molecular formula is C38H32N4O7S. The second-order valence-corrected chi connectivity index (χ2v) is 11.8. The van der Waals surface area contributed by atoms with Gasteiger partial charge in [-0.05, 0) is 77.9 Å². The Hall–Kier alpha value is -6.40. The number of amides is 3. The molecule has 50 heavy (non-hydrogen) atoms. The van der Waals surface area contributed by atoms with Crippen LogP contribution >= 0.6 is 11.8 Å². The first-order valence-electron chi connectivity index (χ1n) is 15.2. The van der Waals surface area contributed by atoms with Gasteiger partial charge in [-0.25, -0.2) is 0 Å². The molecule has 5 rings (SSSR count). The Morgan fingerprint density at radius 2 is 1.44 bits per heavy atom. The Morgan fingerprint density at radius 1 is 0.780 bits per heavy atom. The number of hydrogen-bond donors (Lipinski definition) is 3. The first-order valence-corrected chi connectivity index (χ1v) is 16.1. The van der Waals surface area contributed by atoms with Gasteiger partial charge in [0.25, 0.3) is 17.5 Å². The first-order chi connectivity index (χ1) is 24.2. The summed E-state index contributed by atoms with van der Waals surface area (Å²) in [5.41, 5.74) is 2.36. The number of methoxy groups -OCH3 is 2. The molecule has 5 aromatic carbocycles. The highest BCUT2D eigenvalue weighted by Gasteiger charge is 2.24. The van der Waals surface area contributed by atoms with Crippen molar-refractivity contribution in [3.05, 3.63) is 160 Å². The van der Waals surface area contributed by atoms with Gasteiger partial charge < -0.3 is 25.4 Å². The maximum atomic E-state index is 13.7. The summed E-state index contributed by atoms with van der Waals surface area (Å²) in [5.74, 6) is -0.330. The number of rotatable bonds is 13. The normalized spacial score (nSPS) is 11.5. The minimum atomic E-state index is -0.632. The second kappa shape index (κ2) is 16.6. The lowest BCUT2D eigenvalue weighted by Crippen LogP contribution is -2.30. The fourth-order valence-electron chi connectivity index (χ4n) is 4.75. The largest absolute Gasteiger partial charge is 0.497 e. The zero-order valence-electron chi connectivity index (χ0n) is 27.0. The van der Waals surface area contributed by atoms with Crippen molar-refractivity contribution in [3.63, 3.8) is 0 Å². The number of carbonyl (C=O) groups excluding carboxylic acids is 3. The van der Waals surface area contributed by atoms with Gasteiger partial charge in [0.05, 0.1) is 24.8 Å². The van der Waals surface area contributed by atoms with Gasteiger partial charge in [-0.1, -0.05) is 48.5 Å². The predicted molar refractivity (Wildman–Crippen MR) is 193 cm³/mol. The molecule has 0 bridgehead atoms. The van der Waals surface area contributed by atoms with E-state index in [0.29, 0.717) is 34.0 Å². The highest BCUT2D eigenvalue weighted by Crippen LogP contribution is 2.38. The number of benzene rings is 5. The molecular weight excluding hydrogens is 657 g/mol. The molecule has 1 unspecified atom stereocenters. The van der Waals surface area contributed by atoms with E-state index in [-0.39, 0.29) is 17.3 Å². The van der Waals surface area contributed by atoms with Crippen molar-refractivity contribution in [1.82, 2.24) is 5.32 Å². The van der Waals surface area contributed by atoms with Crippen molar-refractivity contribution in [2.75, 3.05) is 24.9 Å². The Kier molecular flexibility index (Phi) is 11.6. The molecule has 0 spiro atoms. The summed E-state index contributed by atoms with van der Waals surface area (Å²) in [6.07, 6.45) is 1.44. The van der Waals surface area contributed by atoms with Crippen LogP contribution < -0.4 is 25.4 Å². The van der Waals surface area contributed by atoms with Crippen LogP contribution in [0.4, 0.5) is 17.1 Å². The zero-order chi connectivity index (χ0) is 35.5. The summed E-state index contributed by atoms with van der Waals surface area (Å²) < 4.78 is 10.7. The van der Waals surface area contributed by atoms with Crippen LogP contribution in [0.5, 0.6) is 11.5 Å². The molecule has 0 saturated carbocycles. The number of anilines is 2. The Bertz CT molecular complexity index is 2000. The summed E-state index contributed by atoms with van der Waals surface area (Å²) in [7, 11) is 3.06. The van der Waals surface area contributed by atoms with E-state index in [0.717, 1.165) is 10.5 Å². The van der Waals surface area contributed by atoms with E-state index in [4.69, 9.17) is 9.47 Å². The summed E-state index contributed by atoms with van der Waals surface area (Å²) in [5, 5.41) is 18.9. The Balaban J connectivity index is 1.34. The van der Waals surface area contributed by atoms with Gasteiger partial charge >= 0.3 is 0 Å². The smallest absolute Gasteiger partial charge is 0.272 e. The molecule has 0 aromatic heterocycles. The average Bonchev–Trinajstić information content (AvgIpc) is 3.15. The molecule has 0 aliphatic carbocycles. The topological polar surface area (TPSA) is 149 Å². The number of nitrogens with zero attached hydrogens (tertiary/aromatic N) is 1. The number of carbonyl (C=O) groups is 3. The average molecular weight is 689 g/mol. The molecule has 12 heteroatoms. The van der Waals surface area contributed by atoms with Crippen LogP contribution in [0.15, 0.2) is 138 Å². The third kappa shape index (κ3) is 9.14. The van der Waals surface area contributed by atoms with Crippen molar-refractivity contribution < 1.29 is 28.8 Å². The highest BCUT2D eigenvalue weighted by atomic mass is 32.2. The number of nitrogens with one attached hydrogen (secondary N) is 3. The minimum absolute atomic E-state index is 0.0686. The van der Waals surface area contributed by atoms with E-state index in [1.165, 1.54) is 49.2 Å². The zero-order valence-corrected chi connectivity index (χ0v) is 27.8. The van der Waals surface area contributed by atoms with Crippen LogP contribution in [0.3, 0.4) is 0 Å². The number of nitro groups is 1. The quantitative estimate of drug-likeness (QED) is 0.0499. The SMILES string of the molecule is COc1ccc(NC(=O)C(Sc2ccc(NC(=O)/C(=C/c3ccc([N+](=O)[O-])cc3)NC(=O)c3ccccc3)cc2)c2ccccc2)c(OC)c1. The molecule has 0 fully saturated rings. The fourth-order valence-corrected chi connectivity index (χ4v) is 5.78. The predicted octanol–water partition coefficient (Wildman–Crippen LogP) is 7.49. The van der Waals surface area contributed by atoms with Crippen molar-refractivity contribution in [2.45, 2.75) is 10.1 Å². The highest BCUT2D eigenvalue weighted by molar-refractivity contribution is 8.00. The number of nitro benzene ring substituents is 1. The molecule has 0 radical (unpaired) electrons. The van der Waals surface area contributed by atoms with Gasteiger partial charge in [0, 0.05) is 34.3 Å². The van der Waals surface area contributed by atoms with Crippen LogP contribution in [0.2, 0.25) is 0 Å². The van der Waals surface area contributed by atoms with E-state index < -0.39 is 22.0 Å². The third-order valence-electron chi connectivity index (χ3n) is 7.32. The maximum Gasteiger partial charge on any atom is 0.272 e. The molecule has 5 aromatic rings. The third-order valence-corrected chi connectivity index (χ3v) is 8.58.